The van der Waals surface area contributed by atoms with Gasteiger partial charge in [0.2, 0.25) is 0 Å². The molecule has 1 aromatic rings. The van der Waals surface area contributed by atoms with Crippen LogP contribution in [-0.4, -0.2) is 17.6 Å². The molecule has 3 N–H and O–H groups in total. The van der Waals surface area contributed by atoms with Gasteiger partial charge in [-0.05, 0) is 31.4 Å². The van der Waals surface area contributed by atoms with Crippen LogP contribution in [0.5, 0.6) is 0 Å². The van der Waals surface area contributed by atoms with E-state index < -0.39 is 0 Å². The number of nitrogens with zero attached hydrogens (tertiary/aromatic N) is 1. The maximum Gasteiger partial charge on any atom is 0.0462 e. The van der Waals surface area contributed by atoms with E-state index in [0.29, 0.717) is 12.6 Å². The lowest BCUT2D eigenvalue weighted by molar-refractivity contribution is 0.402. The Morgan fingerprint density at radius 3 is 2.56 bits per heavy atom. The summed E-state index contributed by atoms with van der Waals surface area (Å²) in [6.07, 6.45) is 10.00. The second-order valence-corrected chi connectivity index (χ2v) is 5.38. The van der Waals surface area contributed by atoms with Crippen molar-refractivity contribution in [3.05, 3.63) is 29.6 Å². The van der Waals surface area contributed by atoms with Crippen LogP contribution >= 0.6 is 0 Å². The molecule has 0 aliphatic heterocycles. The minimum Gasteiger partial charge on any atom is -0.329 e. The van der Waals surface area contributed by atoms with E-state index in [0.717, 1.165) is 5.69 Å². The number of rotatable bonds is 4. The highest BCUT2D eigenvalue weighted by atomic mass is 15.0. The first-order valence-corrected chi connectivity index (χ1v) is 7.18. The Kier molecular flexibility index (Phi) is 5.14. The molecule has 0 spiro atoms. The van der Waals surface area contributed by atoms with E-state index in [2.05, 4.69) is 22.4 Å². The highest BCUT2D eigenvalue weighted by Crippen LogP contribution is 2.20. The van der Waals surface area contributed by atoms with Crippen molar-refractivity contribution in [2.24, 2.45) is 5.73 Å². The second kappa shape index (κ2) is 6.86. The van der Waals surface area contributed by atoms with Gasteiger partial charge in [0.1, 0.15) is 0 Å². The van der Waals surface area contributed by atoms with Crippen LogP contribution < -0.4 is 11.1 Å². The van der Waals surface area contributed by atoms with Gasteiger partial charge in [-0.2, -0.15) is 0 Å². The lowest BCUT2D eigenvalue weighted by Gasteiger charge is -2.24. The summed E-state index contributed by atoms with van der Waals surface area (Å²) in [5, 5.41) is 3.72. The molecule has 3 heteroatoms. The Labute approximate surface area is 110 Å². The van der Waals surface area contributed by atoms with Crippen LogP contribution in [0.1, 0.15) is 55.8 Å². The van der Waals surface area contributed by atoms with Crippen molar-refractivity contribution in [3.63, 3.8) is 0 Å². The van der Waals surface area contributed by atoms with Crippen molar-refractivity contribution in [1.29, 1.82) is 0 Å². The minimum absolute atomic E-state index is 0.251. The summed E-state index contributed by atoms with van der Waals surface area (Å²) in [5.74, 6) is 0. The fraction of sp³-hybridized carbons (Fsp3) is 0.667. The molecule has 0 radical (unpaired) electrons. The maximum absolute atomic E-state index is 5.91. The first kappa shape index (κ1) is 13.5. The van der Waals surface area contributed by atoms with E-state index in [1.54, 1.807) is 0 Å². The van der Waals surface area contributed by atoms with Gasteiger partial charge in [-0.15, -0.1) is 0 Å². The van der Waals surface area contributed by atoms with Gasteiger partial charge in [-0.1, -0.05) is 31.7 Å². The zero-order chi connectivity index (χ0) is 12.8. The summed E-state index contributed by atoms with van der Waals surface area (Å²) >= 11 is 0. The smallest absolute Gasteiger partial charge is 0.0462 e. The third-order valence-corrected chi connectivity index (χ3v) is 3.86. The molecule has 0 aromatic carbocycles. The molecule has 2 rings (SSSR count). The van der Waals surface area contributed by atoms with Crippen molar-refractivity contribution in [3.8, 4) is 0 Å². The molecule has 1 saturated carbocycles. The molecule has 18 heavy (non-hydrogen) atoms. The van der Waals surface area contributed by atoms with Crippen LogP contribution in [0.3, 0.4) is 0 Å². The fourth-order valence-electron chi connectivity index (χ4n) is 2.72. The van der Waals surface area contributed by atoms with Crippen LogP contribution in [0.25, 0.3) is 0 Å². The number of hydrogen-bond acceptors (Lipinski definition) is 3. The van der Waals surface area contributed by atoms with Crippen molar-refractivity contribution in [2.45, 2.75) is 57.5 Å². The Morgan fingerprint density at radius 1 is 1.28 bits per heavy atom. The molecule has 0 bridgehead atoms. The summed E-state index contributed by atoms with van der Waals surface area (Å²) in [5.41, 5.74) is 8.18. The van der Waals surface area contributed by atoms with E-state index in [1.165, 1.54) is 44.1 Å². The van der Waals surface area contributed by atoms with Gasteiger partial charge in [0.05, 0.1) is 0 Å². The number of pyridine rings is 1. The predicted octanol–water partition coefficient (Wildman–Crippen LogP) is 2.70. The monoisotopic (exact) mass is 247 g/mol. The van der Waals surface area contributed by atoms with Gasteiger partial charge in [0.15, 0.2) is 0 Å². The molecule has 1 unspecified atom stereocenters. The quantitative estimate of drug-likeness (QED) is 0.804. The first-order valence-electron chi connectivity index (χ1n) is 7.18. The molecule has 0 saturated heterocycles. The van der Waals surface area contributed by atoms with Gasteiger partial charge >= 0.3 is 0 Å². The van der Waals surface area contributed by atoms with E-state index >= 15 is 0 Å². The normalized spacial score (nSPS) is 19.4. The van der Waals surface area contributed by atoms with Gasteiger partial charge in [-0.25, -0.2) is 0 Å². The Bertz CT molecular complexity index is 339. The zero-order valence-electron chi connectivity index (χ0n) is 11.4. The van der Waals surface area contributed by atoms with Crippen LogP contribution in [0, 0.1) is 6.92 Å². The summed E-state index contributed by atoms with van der Waals surface area (Å²) in [6, 6.07) is 5.08. The SMILES string of the molecule is Cc1ccc(C(CN)NC2CCCCCC2)cn1. The van der Waals surface area contributed by atoms with Crippen molar-refractivity contribution >= 4 is 0 Å². The molecule has 1 aliphatic carbocycles. The maximum atomic E-state index is 5.91. The van der Waals surface area contributed by atoms with E-state index in [9.17, 15) is 0 Å². The van der Waals surface area contributed by atoms with Gasteiger partial charge in [-0.3, -0.25) is 4.98 Å². The van der Waals surface area contributed by atoms with Crippen LogP contribution in [0.2, 0.25) is 0 Å². The van der Waals surface area contributed by atoms with E-state index in [-0.39, 0.29) is 6.04 Å². The van der Waals surface area contributed by atoms with Crippen LogP contribution in [0.15, 0.2) is 18.3 Å². The second-order valence-electron chi connectivity index (χ2n) is 5.38. The van der Waals surface area contributed by atoms with Crippen molar-refractivity contribution in [1.82, 2.24) is 10.3 Å². The standard InChI is InChI=1S/C15H25N3/c1-12-8-9-13(11-17-12)15(10-16)18-14-6-4-2-3-5-7-14/h8-9,11,14-15,18H,2-7,10,16H2,1H3. The molecule has 1 atom stereocenters. The average Bonchev–Trinajstić information content (AvgIpc) is 2.66. The molecular weight excluding hydrogens is 222 g/mol. The van der Waals surface area contributed by atoms with Gasteiger partial charge in [0, 0.05) is 30.5 Å². The van der Waals surface area contributed by atoms with E-state index in [4.69, 9.17) is 5.73 Å². The van der Waals surface area contributed by atoms with Crippen molar-refractivity contribution in [2.75, 3.05) is 6.54 Å². The molecule has 1 aromatic heterocycles. The highest BCUT2D eigenvalue weighted by Gasteiger charge is 2.17. The molecule has 0 amide bonds. The molecule has 1 heterocycles. The molecular formula is C15H25N3. The Hall–Kier alpha value is -0.930. The first-order chi connectivity index (χ1) is 8.79. The van der Waals surface area contributed by atoms with E-state index in [1.807, 2.05) is 13.1 Å². The van der Waals surface area contributed by atoms with Gasteiger partial charge < -0.3 is 11.1 Å². The molecule has 1 fully saturated rings. The predicted molar refractivity (Wildman–Crippen MR) is 75.4 cm³/mol. The summed E-state index contributed by atoms with van der Waals surface area (Å²) in [7, 11) is 0. The summed E-state index contributed by atoms with van der Waals surface area (Å²) < 4.78 is 0. The highest BCUT2D eigenvalue weighted by molar-refractivity contribution is 5.17. The zero-order valence-corrected chi connectivity index (χ0v) is 11.4. The van der Waals surface area contributed by atoms with Gasteiger partial charge in [0.25, 0.3) is 0 Å². The lowest BCUT2D eigenvalue weighted by Crippen LogP contribution is -2.36. The lowest BCUT2D eigenvalue weighted by atomic mass is 10.0. The number of aromatic nitrogens is 1. The minimum atomic E-state index is 0.251. The molecule has 3 nitrogen and oxygen atoms in total. The third kappa shape index (κ3) is 3.79. The number of nitrogens with one attached hydrogen (secondary N) is 1. The molecule has 100 valence electrons. The topological polar surface area (TPSA) is 50.9 Å². The number of hydrogen-bond donors (Lipinski definition) is 2. The largest absolute Gasteiger partial charge is 0.329 e. The Balaban J connectivity index is 1.97. The van der Waals surface area contributed by atoms with Crippen LogP contribution in [-0.2, 0) is 0 Å². The summed E-state index contributed by atoms with van der Waals surface area (Å²) in [6.45, 7) is 2.65. The summed E-state index contributed by atoms with van der Waals surface area (Å²) in [4.78, 5) is 4.36. The Morgan fingerprint density at radius 2 is 2.00 bits per heavy atom. The number of nitrogens with two attached hydrogens (primary N) is 1. The van der Waals surface area contributed by atoms with Crippen molar-refractivity contribution < 1.29 is 0 Å². The fourth-order valence-corrected chi connectivity index (χ4v) is 2.72. The average molecular weight is 247 g/mol. The van der Waals surface area contributed by atoms with Crippen LogP contribution in [0.4, 0.5) is 0 Å². The molecule has 1 aliphatic rings. The third-order valence-electron chi connectivity index (χ3n) is 3.86. The number of aryl methyl sites for hydroxylation is 1.